The van der Waals surface area contributed by atoms with Crippen molar-refractivity contribution < 1.29 is 9.18 Å². The van der Waals surface area contributed by atoms with Crippen molar-refractivity contribution >= 4 is 21.7 Å². The van der Waals surface area contributed by atoms with Gasteiger partial charge in [-0.2, -0.15) is 0 Å². The van der Waals surface area contributed by atoms with Crippen molar-refractivity contribution in [3.63, 3.8) is 0 Å². The van der Waals surface area contributed by atoms with Crippen LogP contribution >= 0.6 is 15.9 Å². The van der Waals surface area contributed by atoms with Crippen LogP contribution in [0.2, 0.25) is 0 Å². The second kappa shape index (κ2) is 5.06. The average molecular weight is 286 g/mol. The lowest BCUT2D eigenvalue weighted by Crippen LogP contribution is -2.19. The highest BCUT2D eigenvalue weighted by atomic mass is 79.9. The number of Topliss-reactive ketones (excluding diaryl/α,β-unsaturated/α-hetero) is 1. The standard InChI is InChI=1S/C12H13BrFNO/c13-12-8(2-1-3-10(12)14)6-11(16)9-4-5-15-7-9/h1-3,9,15H,4-7H2. The Kier molecular flexibility index (Phi) is 3.71. The highest BCUT2D eigenvalue weighted by Crippen LogP contribution is 2.22. The monoisotopic (exact) mass is 285 g/mol. The number of halogens is 2. The molecule has 0 saturated carbocycles. The van der Waals surface area contributed by atoms with Crippen LogP contribution in [0.15, 0.2) is 22.7 Å². The minimum Gasteiger partial charge on any atom is -0.316 e. The number of hydrogen-bond donors (Lipinski definition) is 1. The molecule has 1 heterocycles. The van der Waals surface area contributed by atoms with Crippen molar-refractivity contribution in [2.45, 2.75) is 12.8 Å². The van der Waals surface area contributed by atoms with Gasteiger partial charge in [0.15, 0.2) is 0 Å². The van der Waals surface area contributed by atoms with Gasteiger partial charge in [-0.3, -0.25) is 4.79 Å². The Labute approximate surface area is 102 Å². The first kappa shape index (κ1) is 11.7. The molecule has 2 rings (SSSR count). The van der Waals surface area contributed by atoms with E-state index in [0.717, 1.165) is 25.1 Å². The Morgan fingerprint density at radius 1 is 1.56 bits per heavy atom. The Morgan fingerprint density at radius 3 is 3.06 bits per heavy atom. The van der Waals surface area contributed by atoms with E-state index in [4.69, 9.17) is 0 Å². The van der Waals surface area contributed by atoms with E-state index in [1.54, 1.807) is 12.1 Å². The van der Waals surface area contributed by atoms with Crippen LogP contribution in [-0.4, -0.2) is 18.9 Å². The maximum atomic E-state index is 13.2. The Bertz CT molecular complexity index is 402. The highest BCUT2D eigenvalue weighted by molar-refractivity contribution is 9.10. The first-order chi connectivity index (χ1) is 7.68. The largest absolute Gasteiger partial charge is 0.316 e. The molecule has 0 aliphatic carbocycles. The molecule has 4 heteroatoms. The quantitative estimate of drug-likeness (QED) is 0.924. The van der Waals surface area contributed by atoms with Crippen LogP contribution in [0, 0.1) is 11.7 Å². The molecule has 0 amide bonds. The van der Waals surface area contributed by atoms with Crippen LogP contribution in [0.25, 0.3) is 0 Å². The summed E-state index contributed by atoms with van der Waals surface area (Å²) in [6, 6.07) is 4.80. The van der Waals surface area contributed by atoms with Crippen LogP contribution in [-0.2, 0) is 11.2 Å². The lowest BCUT2D eigenvalue weighted by Gasteiger charge is -2.08. The fraction of sp³-hybridized carbons (Fsp3) is 0.417. The predicted octanol–water partition coefficient (Wildman–Crippen LogP) is 2.31. The predicted molar refractivity (Wildman–Crippen MR) is 63.8 cm³/mol. The Hall–Kier alpha value is -0.740. The van der Waals surface area contributed by atoms with Crippen molar-refractivity contribution in [3.8, 4) is 0 Å². The van der Waals surface area contributed by atoms with Gasteiger partial charge in [0.2, 0.25) is 0 Å². The van der Waals surface area contributed by atoms with E-state index in [-0.39, 0.29) is 17.5 Å². The topological polar surface area (TPSA) is 29.1 Å². The van der Waals surface area contributed by atoms with Gasteiger partial charge in [-0.1, -0.05) is 12.1 Å². The third-order valence-corrected chi connectivity index (χ3v) is 3.80. The van der Waals surface area contributed by atoms with E-state index < -0.39 is 0 Å². The van der Waals surface area contributed by atoms with Gasteiger partial charge in [0.05, 0.1) is 4.47 Å². The second-order valence-electron chi connectivity index (χ2n) is 4.05. The summed E-state index contributed by atoms with van der Waals surface area (Å²) in [6.07, 6.45) is 1.20. The number of rotatable bonds is 3. The summed E-state index contributed by atoms with van der Waals surface area (Å²) in [4.78, 5) is 11.9. The molecule has 0 aromatic heterocycles. The minimum atomic E-state index is -0.310. The summed E-state index contributed by atoms with van der Waals surface area (Å²) in [7, 11) is 0. The van der Waals surface area contributed by atoms with Gasteiger partial charge in [-0.05, 0) is 40.5 Å². The third-order valence-electron chi connectivity index (χ3n) is 2.91. The van der Waals surface area contributed by atoms with Crippen LogP contribution in [0.5, 0.6) is 0 Å². The summed E-state index contributed by atoms with van der Waals surface area (Å²) in [6.45, 7) is 1.66. The smallest absolute Gasteiger partial charge is 0.141 e. The van der Waals surface area contributed by atoms with E-state index >= 15 is 0 Å². The van der Waals surface area contributed by atoms with E-state index in [1.807, 2.05) is 0 Å². The molecule has 86 valence electrons. The summed E-state index contributed by atoms with van der Waals surface area (Å²) in [5, 5.41) is 3.16. The molecule has 1 atom stereocenters. The summed E-state index contributed by atoms with van der Waals surface area (Å²) in [5.74, 6) is -0.0266. The summed E-state index contributed by atoms with van der Waals surface area (Å²) in [5.41, 5.74) is 0.733. The summed E-state index contributed by atoms with van der Waals surface area (Å²) >= 11 is 3.17. The van der Waals surface area contributed by atoms with E-state index in [9.17, 15) is 9.18 Å². The lowest BCUT2D eigenvalue weighted by molar-refractivity contribution is -0.121. The molecule has 1 aliphatic heterocycles. The SMILES string of the molecule is O=C(Cc1cccc(F)c1Br)C1CCNC1. The molecule has 0 spiro atoms. The van der Waals surface area contributed by atoms with Gasteiger partial charge < -0.3 is 5.32 Å². The zero-order valence-electron chi connectivity index (χ0n) is 8.80. The van der Waals surface area contributed by atoms with E-state index in [2.05, 4.69) is 21.2 Å². The zero-order valence-corrected chi connectivity index (χ0v) is 10.4. The molecule has 1 unspecified atom stereocenters. The van der Waals surface area contributed by atoms with Crippen molar-refractivity contribution in [3.05, 3.63) is 34.1 Å². The van der Waals surface area contributed by atoms with Crippen LogP contribution < -0.4 is 5.32 Å². The molecule has 1 fully saturated rings. The van der Waals surface area contributed by atoms with Crippen LogP contribution in [0.4, 0.5) is 4.39 Å². The molecular formula is C12H13BrFNO. The Balaban J connectivity index is 2.08. The van der Waals surface area contributed by atoms with E-state index in [1.165, 1.54) is 6.07 Å². The Morgan fingerprint density at radius 2 is 2.38 bits per heavy atom. The fourth-order valence-corrected chi connectivity index (χ4v) is 2.35. The zero-order chi connectivity index (χ0) is 11.5. The third kappa shape index (κ3) is 2.50. The van der Waals surface area contributed by atoms with Crippen molar-refractivity contribution in [1.29, 1.82) is 0 Å². The maximum absolute atomic E-state index is 13.2. The number of hydrogen-bond acceptors (Lipinski definition) is 2. The second-order valence-corrected chi connectivity index (χ2v) is 4.84. The first-order valence-electron chi connectivity index (χ1n) is 5.35. The number of nitrogens with one attached hydrogen (secondary N) is 1. The summed E-state index contributed by atoms with van der Waals surface area (Å²) < 4.78 is 13.6. The maximum Gasteiger partial charge on any atom is 0.141 e. The normalized spacial score (nSPS) is 20.0. The lowest BCUT2D eigenvalue weighted by atomic mass is 9.97. The number of carbonyl (C=O) groups is 1. The molecule has 1 saturated heterocycles. The molecule has 16 heavy (non-hydrogen) atoms. The number of carbonyl (C=O) groups excluding carboxylic acids is 1. The van der Waals surface area contributed by atoms with Gasteiger partial charge in [0.1, 0.15) is 11.6 Å². The minimum absolute atomic E-state index is 0.0927. The molecule has 0 radical (unpaired) electrons. The molecule has 1 aliphatic rings. The number of benzene rings is 1. The van der Waals surface area contributed by atoms with Gasteiger partial charge in [0.25, 0.3) is 0 Å². The van der Waals surface area contributed by atoms with E-state index in [0.29, 0.717) is 10.9 Å². The first-order valence-corrected chi connectivity index (χ1v) is 6.14. The van der Waals surface area contributed by atoms with Gasteiger partial charge in [-0.15, -0.1) is 0 Å². The van der Waals surface area contributed by atoms with Crippen molar-refractivity contribution in [2.24, 2.45) is 5.92 Å². The molecule has 1 N–H and O–H groups in total. The highest BCUT2D eigenvalue weighted by Gasteiger charge is 2.23. The molecular weight excluding hydrogens is 273 g/mol. The molecule has 1 aromatic rings. The van der Waals surface area contributed by atoms with Crippen molar-refractivity contribution in [1.82, 2.24) is 5.32 Å². The number of ketones is 1. The average Bonchev–Trinajstić information content (AvgIpc) is 2.78. The van der Waals surface area contributed by atoms with Crippen LogP contribution in [0.3, 0.4) is 0 Å². The van der Waals surface area contributed by atoms with Gasteiger partial charge in [-0.25, -0.2) is 4.39 Å². The van der Waals surface area contributed by atoms with Gasteiger partial charge >= 0.3 is 0 Å². The molecule has 2 nitrogen and oxygen atoms in total. The fourth-order valence-electron chi connectivity index (χ4n) is 1.95. The molecule has 0 bridgehead atoms. The molecule has 1 aromatic carbocycles. The van der Waals surface area contributed by atoms with Gasteiger partial charge in [0, 0.05) is 18.9 Å². The van der Waals surface area contributed by atoms with Crippen molar-refractivity contribution in [2.75, 3.05) is 13.1 Å². The van der Waals surface area contributed by atoms with Crippen LogP contribution in [0.1, 0.15) is 12.0 Å².